The average Bonchev–Trinajstić information content (AvgIpc) is 2.59. The molecular weight excluding hydrogens is 302 g/mol. The summed E-state index contributed by atoms with van der Waals surface area (Å²) >= 11 is 0. The molecule has 0 heterocycles. The van der Waals surface area contributed by atoms with Crippen molar-refractivity contribution in [1.82, 2.24) is 10.6 Å². The van der Waals surface area contributed by atoms with Gasteiger partial charge >= 0.3 is 0 Å². The number of phenols is 1. The monoisotopic (exact) mass is 327 g/mol. The summed E-state index contributed by atoms with van der Waals surface area (Å²) in [6, 6.07) is 13.7. The maximum atomic E-state index is 9.97. The van der Waals surface area contributed by atoms with Crippen LogP contribution in [0.5, 0.6) is 11.5 Å². The van der Waals surface area contributed by atoms with E-state index in [-0.39, 0.29) is 5.75 Å². The summed E-state index contributed by atoms with van der Waals surface area (Å²) in [6.45, 7) is 3.47. The van der Waals surface area contributed by atoms with Gasteiger partial charge in [-0.15, -0.1) is 0 Å². The van der Waals surface area contributed by atoms with E-state index in [0.717, 1.165) is 18.1 Å². The Balaban J connectivity index is 1.81. The van der Waals surface area contributed by atoms with Crippen LogP contribution >= 0.6 is 0 Å². The van der Waals surface area contributed by atoms with Crippen LogP contribution in [0, 0.1) is 6.92 Å². The van der Waals surface area contributed by atoms with E-state index in [1.165, 1.54) is 11.1 Å². The van der Waals surface area contributed by atoms with E-state index in [1.807, 2.05) is 12.1 Å². The van der Waals surface area contributed by atoms with Crippen LogP contribution in [0.2, 0.25) is 0 Å². The molecule has 0 aliphatic rings. The predicted molar refractivity (Wildman–Crippen MR) is 97.7 cm³/mol. The fraction of sp³-hybridized carbons (Fsp3) is 0.316. The first-order chi connectivity index (χ1) is 11.6. The summed E-state index contributed by atoms with van der Waals surface area (Å²) in [5, 5.41) is 16.5. The lowest BCUT2D eigenvalue weighted by atomic mass is 10.1. The topological polar surface area (TPSA) is 65.9 Å². The molecule has 0 aromatic heterocycles. The molecule has 0 saturated heterocycles. The standard InChI is InChI=1S/C19H25N3O2/c1-14-5-4-6-15(11-14)13-22-19(20-2)21-10-9-16-7-8-17(24-3)12-18(16)23/h4-8,11-12,23H,9-10,13H2,1-3H3,(H2,20,21,22). The van der Waals surface area contributed by atoms with Crippen molar-refractivity contribution in [2.45, 2.75) is 19.9 Å². The fourth-order valence-corrected chi connectivity index (χ4v) is 2.43. The van der Waals surface area contributed by atoms with Gasteiger partial charge in [-0.3, -0.25) is 4.99 Å². The number of hydrogen-bond acceptors (Lipinski definition) is 3. The van der Waals surface area contributed by atoms with E-state index in [9.17, 15) is 5.11 Å². The molecule has 5 heteroatoms. The van der Waals surface area contributed by atoms with Crippen LogP contribution in [-0.2, 0) is 13.0 Å². The van der Waals surface area contributed by atoms with Gasteiger partial charge in [-0.1, -0.05) is 35.9 Å². The van der Waals surface area contributed by atoms with E-state index in [4.69, 9.17) is 4.74 Å². The molecule has 0 bridgehead atoms. The van der Waals surface area contributed by atoms with Crippen molar-refractivity contribution in [3.63, 3.8) is 0 Å². The number of guanidine groups is 1. The minimum Gasteiger partial charge on any atom is -0.508 e. The number of rotatable bonds is 6. The Labute approximate surface area is 143 Å². The Morgan fingerprint density at radius 2 is 2.00 bits per heavy atom. The largest absolute Gasteiger partial charge is 0.508 e. The highest BCUT2D eigenvalue weighted by Gasteiger charge is 2.04. The Morgan fingerprint density at radius 3 is 2.67 bits per heavy atom. The molecule has 2 aromatic rings. The van der Waals surface area contributed by atoms with Gasteiger partial charge in [-0.05, 0) is 30.5 Å². The number of aromatic hydroxyl groups is 1. The predicted octanol–water partition coefficient (Wildman–Crippen LogP) is 2.62. The quantitative estimate of drug-likeness (QED) is 0.564. The molecule has 5 nitrogen and oxygen atoms in total. The summed E-state index contributed by atoms with van der Waals surface area (Å²) in [6.07, 6.45) is 0.695. The van der Waals surface area contributed by atoms with Crippen LogP contribution in [0.3, 0.4) is 0 Å². The van der Waals surface area contributed by atoms with Crippen molar-refractivity contribution >= 4 is 5.96 Å². The minimum atomic E-state index is 0.249. The van der Waals surface area contributed by atoms with Crippen molar-refractivity contribution in [2.75, 3.05) is 20.7 Å². The van der Waals surface area contributed by atoms with Crippen molar-refractivity contribution < 1.29 is 9.84 Å². The molecule has 0 radical (unpaired) electrons. The van der Waals surface area contributed by atoms with Crippen molar-refractivity contribution in [3.05, 3.63) is 59.2 Å². The summed E-state index contributed by atoms with van der Waals surface area (Å²) in [5.41, 5.74) is 3.33. The van der Waals surface area contributed by atoms with Gasteiger partial charge in [-0.25, -0.2) is 0 Å². The zero-order chi connectivity index (χ0) is 17.4. The lowest BCUT2D eigenvalue weighted by molar-refractivity contribution is 0.406. The summed E-state index contributed by atoms with van der Waals surface area (Å²) in [5.74, 6) is 1.64. The highest BCUT2D eigenvalue weighted by atomic mass is 16.5. The van der Waals surface area contributed by atoms with Gasteiger partial charge in [0.1, 0.15) is 11.5 Å². The Kier molecular flexibility index (Phi) is 6.49. The number of methoxy groups -OCH3 is 1. The molecule has 2 aromatic carbocycles. The van der Waals surface area contributed by atoms with Crippen molar-refractivity contribution in [3.8, 4) is 11.5 Å². The molecule has 0 amide bonds. The van der Waals surface area contributed by atoms with Crippen LogP contribution in [-0.4, -0.2) is 31.8 Å². The fourth-order valence-electron chi connectivity index (χ4n) is 2.43. The lowest BCUT2D eigenvalue weighted by Crippen LogP contribution is -2.37. The van der Waals surface area contributed by atoms with Crippen molar-refractivity contribution in [2.24, 2.45) is 4.99 Å². The molecule has 128 valence electrons. The summed E-state index contributed by atoms with van der Waals surface area (Å²) in [4.78, 5) is 4.22. The molecule has 0 atom stereocenters. The Hall–Kier alpha value is -2.69. The second kappa shape index (κ2) is 8.82. The maximum Gasteiger partial charge on any atom is 0.191 e. The Bertz CT molecular complexity index is 699. The number of nitrogens with zero attached hydrogens (tertiary/aromatic N) is 1. The van der Waals surface area contributed by atoms with E-state index >= 15 is 0 Å². The molecule has 0 unspecified atom stereocenters. The van der Waals surface area contributed by atoms with Crippen LogP contribution < -0.4 is 15.4 Å². The number of ether oxygens (including phenoxy) is 1. The molecule has 0 aliphatic heterocycles. The van der Waals surface area contributed by atoms with Gasteiger partial charge in [0, 0.05) is 26.2 Å². The molecule has 2 rings (SSSR count). The first-order valence-electron chi connectivity index (χ1n) is 7.98. The van der Waals surface area contributed by atoms with Gasteiger partial charge in [0.2, 0.25) is 0 Å². The maximum absolute atomic E-state index is 9.97. The second-order valence-electron chi connectivity index (χ2n) is 5.59. The van der Waals surface area contributed by atoms with E-state index in [0.29, 0.717) is 18.7 Å². The van der Waals surface area contributed by atoms with E-state index < -0.39 is 0 Å². The molecule has 0 saturated carbocycles. The van der Waals surface area contributed by atoms with Crippen molar-refractivity contribution in [1.29, 1.82) is 0 Å². The number of benzene rings is 2. The molecular formula is C19H25N3O2. The van der Waals surface area contributed by atoms with Gasteiger partial charge < -0.3 is 20.5 Å². The second-order valence-corrected chi connectivity index (χ2v) is 5.59. The van der Waals surface area contributed by atoms with Crippen LogP contribution in [0.25, 0.3) is 0 Å². The molecule has 0 aliphatic carbocycles. The van der Waals surface area contributed by atoms with E-state index in [2.05, 4.69) is 46.8 Å². The third-order valence-corrected chi connectivity index (χ3v) is 3.75. The van der Waals surface area contributed by atoms with Gasteiger partial charge in [0.05, 0.1) is 7.11 Å². The summed E-state index contributed by atoms with van der Waals surface area (Å²) in [7, 11) is 3.33. The number of hydrogen-bond donors (Lipinski definition) is 3. The molecule has 24 heavy (non-hydrogen) atoms. The van der Waals surface area contributed by atoms with Crippen LogP contribution in [0.4, 0.5) is 0 Å². The highest BCUT2D eigenvalue weighted by molar-refractivity contribution is 5.79. The minimum absolute atomic E-state index is 0.249. The van der Waals surface area contributed by atoms with Gasteiger partial charge in [-0.2, -0.15) is 0 Å². The normalized spacial score (nSPS) is 11.2. The molecule has 0 fully saturated rings. The number of nitrogens with one attached hydrogen (secondary N) is 2. The zero-order valence-electron chi connectivity index (χ0n) is 14.5. The lowest BCUT2D eigenvalue weighted by Gasteiger charge is -2.13. The first kappa shape index (κ1) is 17.7. The number of aryl methyl sites for hydroxylation is 1. The zero-order valence-corrected chi connectivity index (χ0v) is 14.5. The van der Waals surface area contributed by atoms with E-state index in [1.54, 1.807) is 20.2 Å². The highest BCUT2D eigenvalue weighted by Crippen LogP contribution is 2.23. The van der Waals surface area contributed by atoms with Gasteiger partial charge in [0.15, 0.2) is 5.96 Å². The number of aliphatic imine (C=N–C) groups is 1. The molecule has 3 N–H and O–H groups in total. The third kappa shape index (κ3) is 5.19. The first-order valence-corrected chi connectivity index (χ1v) is 7.98. The third-order valence-electron chi connectivity index (χ3n) is 3.75. The van der Waals surface area contributed by atoms with Gasteiger partial charge in [0.25, 0.3) is 0 Å². The average molecular weight is 327 g/mol. The number of phenolic OH excluding ortho intramolecular Hbond substituents is 1. The van der Waals surface area contributed by atoms with Crippen LogP contribution in [0.15, 0.2) is 47.5 Å². The smallest absolute Gasteiger partial charge is 0.191 e. The molecule has 0 spiro atoms. The Morgan fingerprint density at radius 1 is 1.17 bits per heavy atom. The van der Waals surface area contributed by atoms with Crippen LogP contribution in [0.1, 0.15) is 16.7 Å². The SMILES string of the molecule is CN=C(NCCc1ccc(OC)cc1O)NCc1cccc(C)c1. The summed E-state index contributed by atoms with van der Waals surface area (Å²) < 4.78 is 5.09.